The van der Waals surface area contributed by atoms with Gasteiger partial charge in [0.25, 0.3) is 5.91 Å². The maximum absolute atomic E-state index is 12.4. The first-order valence-electron chi connectivity index (χ1n) is 10.4. The minimum Gasteiger partial charge on any atom is -0.497 e. The summed E-state index contributed by atoms with van der Waals surface area (Å²) in [5.74, 6) is 1.30. The second-order valence-electron chi connectivity index (χ2n) is 7.34. The molecule has 3 aromatic carbocycles. The maximum Gasteiger partial charge on any atom is 0.250 e. The standard InChI is InChI=1S/C25H22ClN5O2S/c1-17-6-8-19(9-7-17)24-29-30-25(31(24)21-10-12-22(33-2)13-11-21)34-16-23(32)28-27-15-18-4-3-5-20(26)14-18/h3-15H,16H2,1-2H3,(H,28,32)/b27-15+. The van der Waals surface area contributed by atoms with Crippen LogP contribution in [-0.2, 0) is 4.79 Å². The third kappa shape index (κ3) is 5.84. The average Bonchev–Trinajstić information content (AvgIpc) is 3.27. The topological polar surface area (TPSA) is 81.4 Å². The Kier molecular flexibility index (Phi) is 7.61. The third-order valence-corrected chi connectivity index (χ3v) is 6.02. The molecule has 0 bridgehead atoms. The molecule has 0 spiro atoms. The van der Waals surface area contributed by atoms with Crippen LogP contribution >= 0.6 is 23.4 Å². The van der Waals surface area contributed by atoms with E-state index < -0.39 is 0 Å². The zero-order valence-corrected chi connectivity index (χ0v) is 20.2. The van der Waals surface area contributed by atoms with Crippen LogP contribution < -0.4 is 10.2 Å². The minimum absolute atomic E-state index is 0.120. The lowest BCUT2D eigenvalue weighted by Gasteiger charge is -2.11. The second-order valence-corrected chi connectivity index (χ2v) is 8.72. The van der Waals surface area contributed by atoms with Crippen LogP contribution in [0.4, 0.5) is 0 Å². The Morgan fingerprint density at radius 3 is 2.59 bits per heavy atom. The molecule has 172 valence electrons. The predicted octanol–water partition coefficient (Wildman–Crippen LogP) is 5.15. The van der Waals surface area contributed by atoms with E-state index in [1.54, 1.807) is 25.5 Å². The molecule has 1 N–H and O–H groups in total. The highest BCUT2D eigenvalue weighted by atomic mass is 35.5. The molecule has 0 aliphatic heterocycles. The van der Waals surface area contributed by atoms with Crippen molar-refractivity contribution in [1.82, 2.24) is 20.2 Å². The van der Waals surface area contributed by atoms with Gasteiger partial charge in [0.2, 0.25) is 0 Å². The summed E-state index contributed by atoms with van der Waals surface area (Å²) in [6.07, 6.45) is 1.55. The molecule has 0 atom stereocenters. The summed E-state index contributed by atoms with van der Waals surface area (Å²) in [6.45, 7) is 2.03. The lowest BCUT2D eigenvalue weighted by Crippen LogP contribution is -2.20. The van der Waals surface area contributed by atoms with Crippen LogP contribution in [0, 0.1) is 6.92 Å². The monoisotopic (exact) mass is 491 g/mol. The number of aryl methyl sites for hydroxylation is 1. The van der Waals surface area contributed by atoms with Crippen molar-refractivity contribution in [3.8, 4) is 22.8 Å². The quantitative estimate of drug-likeness (QED) is 0.209. The van der Waals surface area contributed by atoms with Crippen molar-refractivity contribution in [3.05, 3.63) is 88.9 Å². The van der Waals surface area contributed by atoms with E-state index in [9.17, 15) is 4.79 Å². The van der Waals surface area contributed by atoms with E-state index in [1.807, 2.05) is 72.2 Å². The molecule has 0 aliphatic rings. The van der Waals surface area contributed by atoms with Crippen LogP contribution in [0.1, 0.15) is 11.1 Å². The Labute approximate surface area is 206 Å². The van der Waals surface area contributed by atoms with Gasteiger partial charge < -0.3 is 4.74 Å². The van der Waals surface area contributed by atoms with E-state index in [2.05, 4.69) is 20.7 Å². The summed E-state index contributed by atoms with van der Waals surface area (Å²) in [7, 11) is 1.63. The molecule has 0 radical (unpaired) electrons. The summed E-state index contributed by atoms with van der Waals surface area (Å²) >= 11 is 7.24. The van der Waals surface area contributed by atoms with Gasteiger partial charge in [0.15, 0.2) is 11.0 Å². The molecule has 7 nitrogen and oxygen atoms in total. The molecule has 0 aliphatic carbocycles. The molecule has 0 unspecified atom stereocenters. The SMILES string of the molecule is COc1ccc(-n2c(SCC(=O)N/N=C/c3cccc(Cl)c3)nnc2-c2ccc(C)cc2)cc1. The van der Waals surface area contributed by atoms with Gasteiger partial charge in [-0.3, -0.25) is 9.36 Å². The van der Waals surface area contributed by atoms with Crippen LogP contribution in [0.25, 0.3) is 17.1 Å². The van der Waals surface area contributed by atoms with Crippen LogP contribution in [0.3, 0.4) is 0 Å². The van der Waals surface area contributed by atoms with E-state index in [0.29, 0.717) is 16.0 Å². The molecule has 4 rings (SSSR count). The number of rotatable bonds is 8. The summed E-state index contributed by atoms with van der Waals surface area (Å²) in [5, 5.41) is 14.0. The summed E-state index contributed by atoms with van der Waals surface area (Å²) in [5.41, 5.74) is 6.27. The molecule has 34 heavy (non-hydrogen) atoms. The highest BCUT2D eigenvalue weighted by Crippen LogP contribution is 2.29. The fourth-order valence-electron chi connectivity index (χ4n) is 3.15. The van der Waals surface area contributed by atoms with E-state index in [0.717, 1.165) is 28.1 Å². The summed E-state index contributed by atoms with van der Waals surface area (Å²) < 4.78 is 7.21. The van der Waals surface area contributed by atoms with Crippen molar-refractivity contribution in [2.45, 2.75) is 12.1 Å². The van der Waals surface area contributed by atoms with Gasteiger partial charge in [0.1, 0.15) is 5.75 Å². The highest BCUT2D eigenvalue weighted by Gasteiger charge is 2.17. The lowest BCUT2D eigenvalue weighted by molar-refractivity contribution is -0.118. The zero-order chi connectivity index (χ0) is 23.9. The van der Waals surface area contributed by atoms with Crippen LogP contribution in [0.5, 0.6) is 5.75 Å². The number of ether oxygens (including phenoxy) is 1. The normalized spacial score (nSPS) is 11.0. The van der Waals surface area contributed by atoms with Crippen molar-refractivity contribution < 1.29 is 9.53 Å². The molecule has 1 heterocycles. The number of benzene rings is 3. The molecule has 1 aromatic heterocycles. The number of thioether (sulfide) groups is 1. The van der Waals surface area contributed by atoms with E-state index in [-0.39, 0.29) is 11.7 Å². The largest absolute Gasteiger partial charge is 0.497 e. The second kappa shape index (κ2) is 11.0. The van der Waals surface area contributed by atoms with Gasteiger partial charge in [0, 0.05) is 16.3 Å². The number of carbonyl (C=O) groups is 1. The number of hydrazone groups is 1. The van der Waals surface area contributed by atoms with E-state index in [1.165, 1.54) is 11.8 Å². The number of methoxy groups -OCH3 is 1. The molecule has 0 saturated heterocycles. The van der Waals surface area contributed by atoms with Crippen molar-refractivity contribution in [2.24, 2.45) is 5.10 Å². The number of aromatic nitrogens is 3. The zero-order valence-electron chi connectivity index (χ0n) is 18.6. The fraction of sp³-hybridized carbons (Fsp3) is 0.120. The van der Waals surface area contributed by atoms with Gasteiger partial charge in [-0.05, 0) is 48.9 Å². The Bertz CT molecular complexity index is 1300. The molecular formula is C25H22ClN5O2S. The Balaban J connectivity index is 1.52. The van der Waals surface area contributed by atoms with Crippen molar-refractivity contribution >= 4 is 35.5 Å². The lowest BCUT2D eigenvalue weighted by atomic mass is 10.1. The van der Waals surface area contributed by atoms with Crippen LogP contribution in [0.2, 0.25) is 5.02 Å². The Hall–Kier alpha value is -3.62. The first kappa shape index (κ1) is 23.5. The number of hydrogen-bond acceptors (Lipinski definition) is 6. The number of hydrogen-bond donors (Lipinski definition) is 1. The number of nitrogens with one attached hydrogen (secondary N) is 1. The predicted molar refractivity (Wildman–Crippen MR) is 136 cm³/mol. The van der Waals surface area contributed by atoms with Gasteiger partial charge >= 0.3 is 0 Å². The number of nitrogens with zero attached hydrogens (tertiary/aromatic N) is 4. The van der Waals surface area contributed by atoms with Crippen molar-refractivity contribution in [1.29, 1.82) is 0 Å². The van der Waals surface area contributed by atoms with Gasteiger partial charge in [0.05, 0.1) is 19.1 Å². The first-order chi connectivity index (χ1) is 16.5. The Morgan fingerprint density at radius 1 is 1.12 bits per heavy atom. The smallest absolute Gasteiger partial charge is 0.250 e. The number of halogens is 1. The van der Waals surface area contributed by atoms with Crippen molar-refractivity contribution in [3.63, 3.8) is 0 Å². The first-order valence-corrected chi connectivity index (χ1v) is 11.8. The number of amides is 1. The van der Waals surface area contributed by atoms with Gasteiger partial charge in [-0.1, -0.05) is 65.3 Å². The van der Waals surface area contributed by atoms with Crippen LogP contribution in [0.15, 0.2) is 83.1 Å². The molecule has 4 aromatic rings. The number of carbonyl (C=O) groups excluding carboxylic acids is 1. The third-order valence-electron chi connectivity index (χ3n) is 4.86. The summed E-state index contributed by atoms with van der Waals surface area (Å²) in [6, 6.07) is 22.9. The highest BCUT2D eigenvalue weighted by molar-refractivity contribution is 7.99. The van der Waals surface area contributed by atoms with Gasteiger partial charge in [-0.2, -0.15) is 5.10 Å². The maximum atomic E-state index is 12.4. The minimum atomic E-state index is -0.260. The molecule has 0 saturated carbocycles. The molecule has 1 amide bonds. The average molecular weight is 492 g/mol. The summed E-state index contributed by atoms with van der Waals surface area (Å²) in [4.78, 5) is 12.4. The molecule has 0 fully saturated rings. The van der Waals surface area contributed by atoms with E-state index in [4.69, 9.17) is 16.3 Å². The molecular weight excluding hydrogens is 470 g/mol. The van der Waals surface area contributed by atoms with Crippen LogP contribution in [-0.4, -0.2) is 39.7 Å². The van der Waals surface area contributed by atoms with Crippen molar-refractivity contribution in [2.75, 3.05) is 12.9 Å². The fourth-order valence-corrected chi connectivity index (χ4v) is 4.09. The van der Waals surface area contributed by atoms with E-state index >= 15 is 0 Å². The van der Waals surface area contributed by atoms with Gasteiger partial charge in [-0.25, -0.2) is 5.43 Å². The Morgan fingerprint density at radius 2 is 1.88 bits per heavy atom. The molecule has 9 heteroatoms. The van der Waals surface area contributed by atoms with Gasteiger partial charge in [-0.15, -0.1) is 10.2 Å².